The normalized spacial score (nSPS) is 14.7. The molecule has 1 N–H and O–H groups in total. The van der Waals surface area contributed by atoms with Crippen molar-refractivity contribution in [2.24, 2.45) is 0 Å². The summed E-state index contributed by atoms with van der Waals surface area (Å²) in [6, 6.07) is 3.31. The van der Waals surface area contributed by atoms with Crippen LogP contribution in [0.1, 0.15) is 0 Å². The fourth-order valence-electron chi connectivity index (χ4n) is 0.873. The number of pyridine rings is 1. The van der Waals surface area contributed by atoms with Crippen LogP contribution in [0, 0.1) is 6.20 Å². The second-order valence-corrected chi connectivity index (χ2v) is 2.13. The molecule has 0 fully saturated rings. The topological polar surface area (TPSA) is 51.2 Å². The van der Waals surface area contributed by atoms with E-state index in [-0.39, 0.29) is 12.5 Å². The van der Waals surface area contributed by atoms with E-state index in [1.807, 2.05) is 0 Å². The molecule has 0 unspecified atom stereocenters. The molecule has 1 aliphatic rings. The van der Waals surface area contributed by atoms with E-state index < -0.39 is 0 Å². The molecule has 1 aromatic heterocycles. The fourth-order valence-corrected chi connectivity index (χ4v) is 0.873. The molecule has 0 spiro atoms. The van der Waals surface area contributed by atoms with Crippen molar-refractivity contribution in [2.75, 3.05) is 11.9 Å². The van der Waals surface area contributed by atoms with Crippen molar-refractivity contribution in [2.45, 2.75) is 0 Å². The standard InChI is InChI=1S/C7H5N2O2/c10-6-4-11-7-5(9-6)2-1-3-8-7/h1-2H,4H2,(H,9,10). The number of aromatic nitrogens is 1. The Bertz CT molecular complexity index is 298. The van der Waals surface area contributed by atoms with Crippen LogP contribution >= 0.6 is 0 Å². The molecular formula is C7H5N2O2. The van der Waals surface area contributed by atoms with E-state index >= 15 is 0 Å². The van der Waals surface area contributed by atoms with Crippen LogP contribution in [0.15, 0.2) is 12.1 Å². The first-order valence-electron chi connectivity index (χ1n) is 3.16. The Kier molecular flexibility index (Phi) is 1.25. The van der Waals surface area contributed by atoms with E-state index in [1.165, 1.54) is 0 Å². The predicted octanol–water partition coefficient (Wildman–Crippen LogP) is 0.213. The van der Waals surface area contributed by atoms with Crippen LogP contribution in [-0.2, 0) is 4.79 Å². The maximum Gasteiger partial charge on any atom is 0.262 e. The molecule has 1 aromatic rings. The van der Waals surface area contributed by atoms with Crippen LogP contribution in [0.4, 0.5) is 5.69 Å². The van der Waals surface area contributed by atoms with Gasteiger partial charge in [-0.15, -0.1) is 0 Å². The molecule has 4 heteroatoms. The summed E-state index contributed by atoms with van der Waals surface area (Å²) in [5, 5.41) is 2.61. The predicted molar refractivity (Wildman–Crippen MR) is 37.2 cm³/mol. The number of carbonyl (C=O) groups is 1. The van der Waals surface area contributed by atoms with Crippen molar-refractivity contribution in [3.63, 3.8) is 0 Å². The number of hydrogen-bond acceptors (Lipinski definition) is 3. The van der Waals surface area contributed by atoms with Gasteiger partial charge in [-0.3, -0.25) is 4.79 Å². The zero-order valence-electron chi connectivity index (χ0n) is 5.63. The van der Waals surface area contributed by atoms with Gasteiger partial charge in [0.2, 0.25) is 5.88 Å². The SMILES string of the molecule is O=C1COc2n[c]ccc2N1. The molecule has 1 aliphatic heterocycles. The number of carbonyl (C=O) groups excluding carboxylic acids is 1. The number of ether oxygens (including phenoxy) is 1. The third-order valence-corrected chi connectivity index (χ3v) is 1.34. The smallest absolute Gasteiger partial charge is 0.262 e. The first-order valence-corrected chi connectivity index (χ1v) is 3.16. The van der Waals surface area contributed by atoms with Crippen LogP contribution in [0.25, 0.3) is 0 Å². The lowest BCUT2D eigenvalue weighted by atomic mass is 10.3. The minimum Gasteiger partial charge on any atom is -0.466 e. The van der Waals surface area contributed by atoms with Crippen molar-refractivity contribution < 1.29 is 9.53 Å². The molecule has 11 heavy (non-hydrogen) atoms. The molecule has 1 amide bonds. The molecular weight excluding hydrogens is 144 g/mol. The van der Waals surface area contributed by atoms with Crippen LogP contribution in [-0.4, -0.2) is 17.5 Å². The summed E-state index contributed by atoms with van der Waals surface area (Å²) in [6.07, 6.45) is 2.61. The van der Waals surface area contributed by atoms with Crippen molar-refractivity contribution in [1.29, 1.82) is 0 Å². The van der Waals surface area contributed by atoms with Gasteiger partial charge in [-0.1, -0.05) is 0 Å². The molecule has 2 rings (SSSR count). The third-order valence-electron chi connectivity index (χ3n) is 1.34. The van der Waals surface area contributed by atoms with Crippen molar-refractivity contribution in [3.8, 4) is 5.88 Å². The Morgan fingerprint density at radius 2 is 2.64 bits per heavy atom. The Balaban J connectivity index is 2.41. The molecule has 0 aliphatic carbocycles. The Morgan fingerprint density at radius 1 is 1.73 bits per heavy atom. The first-order chi connectivity index (χ1) is 5.36. The molecule has 55 valence electrons. The average Bonchev–Trinajstić information content (AvgIpc) is 2.04. The molecule has 1 radical (unpaired) electrons. The van der Waals surface area contributed by atoms with Gasteiger partial charge in [-0.25, -0.2) is 4.98 Å². The van der Waals surface area contributed by atoms with Crippen molar-refractivity contribution >= 4 is 11.6 Å². The van der Waals surface area contributed by atoms with Gasteiger partial charge in [0.15, 0.2) is 6.61 Å². The van der Waals surface area contributed by atoms with E-state index in [0.29, 0.717) is 11.6 Å². The number of hydrogen-bond donors (Lipinski definition) is 1. The zero-order valence-corrected chi connectivity index (χ0v) is 5.63. The Labute approximate surface area is 63.2 Å². The summed E-state index contributed by atoms with van der Waals surface area (Å²) < 4.78 is 4.98. The Hall–Kier alpha value is -1.58. The molecule has 0 aromatic carbocycles. The van der Waals surface area contributed by atoms with Gasteiger partial charge in [-0.2, -0.15) is 0 Å². The summed E-state index contributed by atoms with van der Waals surface area (Å²) >= 11 is 0. The summed E-state index contributed by atoms with van der Waals surface area (Å²) in [6.45, 7) is 0.0395. The molecule has 0 atom stereocenters. The van der Waals surface area contributed by atoms with Crippen LogP contribution in [0.5, 0.6) is 5.88 Å². The van der Waals surface area contributed by atoms with Gasteiger partial charge in [0.25, 0.3) is 5.91 Å². The summed E-state index contributed by atoms with van der Waals surface area (Å²) in [5.41, 5.74) is 0.611. The maximum absolute atomic E-state index is 10.8. The highest BCUT2D eigenvalue weighted by Gasteiger charge is 2.15. The van der Waals surface area contributed by atoms with E-state index in [4.69, 9.17) is 4.74 Å². The highest BCUT2D eigenvalue weighted by atomic mass is 16.5. The average molecular weight is 149 g/mol. The number of rotatable bonds is 0. The first kappa shape index (κ1) is 6.15. The lowest BCUT2D eigenvalue weighted by molar-refractivity contribution is -0.118. The van der Waals surface area contributed by atoms with Gasteiger partial charge in [-0.05, 0) is 12.1 Å². The van der Waals surface area contributed by atoms with Crippen molar-refractivity contribution in [1.82, 2.24) is 4.98 Å². The van der Waals surface area contributed by atoms with Crippen LogP contribution in [0.2, 0.25) is 0 Å². The second-order valence-electron chi connectivity index (χ2n) is 2.13. The highest BCUT2D eigenvalue weighted by Crippen LogP contribution is 2.22. The minimum absolute atomic E-state index is 0.0395. The molecule has 0 saturated heterocycles. The summed E-state index contributed by atoms with van der Waals surface area (Å²) in [7, 11) is 0. The van der Waals surface area contributed by atoms with Crippen molar-refractivity contribution in [3.05, 3.63) is 18.3 Å². The van der Waals surface area contributed by atoms with E-state index in [9.17, 15) is 4.79 Å². The summed E-state index contributed by atoms with van der Waals surface area (Å²) in [5.74, 6) is 0.289. The number of nitrogens with zero attached hydrogens (tertiary/aromatic N) is 1. The van der Waals surface area contributed by atoms with Gasteiger partial charge >= 0.3 is 0 Å². The fraction of sp³-hybridized carbons (Fsp3) is 0.143. The van der Waals surface area contributed by atoms with Crippen LogP contribution < -0.4 is 10.1 Å². The Morgan fingerprint density at radius 3 is 3.55 bits per heavy atom. The van der Waals surface area contributed by atoms with E-state index in [2.05, 4.69) is 16.5 Å². The van der Waals surface area contributed by atoms with E-state index in [0.717, 1.165) is 0 Å². The highest BCUT2D eigenvalue weighted by molar-refractivity contribution is 5.94. The minimum atomic E-state index is -0.148. The quantitative estimate of drug-likeness (QED) is 0.573. The third kappa shape index (κ3) is 1.02. The largest absolute Gasteiger partial charge is 0.466 e. The van der Waals surface area contributed by atoms with Crippen LogP contribution in [0.3, 0.4) is 0 Å². The molecule has 0 bridgehead atoms. The van der Waals surface area contributed by atoms with E-state index in [1.54, 1.807) is 12.1 Å². The maximum atomic E-state index is 10.8. The molecule has 2 heterocycles. The molecule has 4 nitrogen and oxygen atoms in total. The molecule has 0 saturated carbocycles. The van der Waals surface area contributed by atoms with Gasteiger partial charge in [0.05, 0.1) is 6.20 Å². The van der Waals surface area contributed by atoms with Gasteiger partial charge in [0.1, 0.15) is 5.69 Å². The zero-order chi connectivity index (χ0) is 7.68. The number of amides is 1. The summed E-state index contributed by atoms with van der Waals surface area (Å²) in [4.78, 5) is 14.5. The van der Waals surface area contributed by atoms with Gasteiger partial charge in [0, 0.05) is 0 Å². The number of anilines is 1. The number of fused-ring (bicyclic) bond motifs is 1. The lowest BCUT2D eigenvalue weighted by Crippen LogP contribution is -2.25. The van der Waals surface area contributed by atoms with Gasteiger partial charge < -0.3 is 10.1 Å². The monoisotopic (exact) mass is 149 g/mol. The number of nitrogens with one attached hydrogen (secondary N) is 1. The second kappa shape index (κ2) is 2.23. The lowest BCUT2D eigenvalue weighted by Gasteiger charge is -2.15.